The van der Waals surface area contributed by atoms with E-state index in [2.05, 4.69) is 20.7 Å². The first-order chi connectivity index (χ1) is 9.73. The van der Waals surface area contributed by atoms with Crippen LogP contribution >= 0.6 is 15.9 Å². The van der Waals surface area contributed by atoms with Crippen LogP contribution in [0.15, 0.2) is 27.1 Å². The van der Waals surface area contributed by atoms with Crippen molar-refractivity contribution in [3.8, 4) is 22.8 Å². The first-order valence-electron chi connectivity index (χ1n) is 5.25. The standard InChI is InChI=1S/C12H5BrF4O4/c13-7-3-6(8-2-1-5(4-18)20-8)10(19)11(9(7)14)21-12(15,16)17/h1-4,19H. The minimum absolute atomic E-state index is 0.108. The summed E-state index contributed by atoms with van der Waals surface area (Å²) < 4.78 is 58.4. The number of hydrogen-bond donors (Lipinski definition) is 1. The van der Waals surface area contributed by atoms with E-state index in [0.29, 0.717) is 6.29 Å². The monoisotopic (exact) mass is 368 g/mol. The first kappa shape index (κ1) is 15.4. The molecule has 0 unspecified atom stereocenters. The maximum Gasteiger partial charge on any atom is 0.573 e. The van der Waals surface area contributed by atoms with Crippen LogP contribution in [0.2, 0.25) is 0 Å². The highest BCUT2D eigenvalue weighted by Gasteiger charge is 2.35. The third kappa shape index (κ3) is 3.18. The van der Waals surface area contributed by atoms with Crippen molar-refractivity contribution in [1.29, 1.82) is 0 Å². The van der Waals surface area contributed by atoms with Crippen molar-refractivity contribution in [1.82, 2.24) is 0 Å². The van der Waals surface area contributed by atoms with E-state index in [4.69, 9.17) is 4.42 Å². The molecule has 0 radical (unpaired) electrons. The fourth-order valence-electron chi connectivity index (χ4n) is 1.55. The summed E-state index contributed by atoms with van der Waals surface area (Å²) in [6.07, 6.45) is -4.82. The number of hydrogen-bond acceptors (Lipinski definition) is 4. The van der Waals surface area contributed by atoms with Crippen molar-refractivity contribution in [2.75, 3.05) is 0 Å². The second kappa shape index (κ2) is 5.40. The number of alkyl halides is 3. The van der Waals surface area contributed by atoms with Gasteiger partial charge in [0.05, 0.1) is 10.0 Å². The zero-order chi connectivity index (χ0) is 15.8. The van der Waals surface area contributed by atoms with E-state index in [1.807, 2.05) is 0 Å². The summed E-state index contributed by atoms with van der Waals surface area (Å²) in [4.78, 5) is 10.5. The lowest BCUT2D eigenvalue weighted by atomic mass is 10.1. The van der Waals surface area contributed by atoms with Crippen LogP contribution in [0.3, 0.4) is 0 Å². The molecule has 1 heterocycles. The number of halogens is 5. The van der Waals surface area contributed by atoms with E-state index in [1.165, 1.54) is 12.1 Å². The molecule has 1 N–H and O–H groups in total. The summed E-state index contributed by atoms with van der Waals surface area (Å²) in [5, 5.41) is 9.76. The molecule has 2 rings (SSSR count). The second-order valence-corrected chi connectivity index (χ2v) is 4.62. The lowest BCUT2D eigenvalue weighted by Crippen LogP contribution is -2.18. The van der Waals surface area contributed by atoms with Crippen molar-refractivity contribution in [2.45, 2.75) is 6.36 Å². The number of aromatic hydroxyl groups is 1. The molecule has 4 nitrogen and oxygen atoms in total. The van der Waals surface area contributed by atoms with E-state index < -0.39 is 23.7 Å². The highest BCUT2D eigenvalue weighted by atomic mass is 79.9. The molecular formula is C12H5BrF4O4. The maximum absolute atomic E-state index is 13.6. The van der Waals surface area contributed by atoms with Gasteiger partial charge in [0.25, 0.3) is 0 Å². The molecule has 9 heteroatoms. The number of phenolic OH excluding ortho intramolecular Hbond substituents is 1. The van der Waals surface area contributed by atoms with Gasteiger partial charge in [0, 0.05) is 0 Å². The van der Waals surface area contributed by atoms with Crippen LogP contribution in [0.1, 0.15) is 10.6 Å². The predicted molar refractivity (Wildman–Crippen MR) is 65.5 cm³/mol. The van der Waals surface area contributed by atoms with Crippen LogP contribution in [0.5, 0.6) is 11.5 Å². The number of rotatable bonds is 3. The van der Waals surface area contributed by atoms with E-state index in [9.17, 15) is 27.5 Å². The first-order valence-corrected chi connectivity index (χ1v) is 6.04. The lowest BCUT2D eigenvalue weighted by molar-refractivity contribution is -0.276. The molecule has 1 aromatic carbocycles. The van der Waals surface area contributed by atoms with Gasteiger partial charge in [-0.1, -0.05) is 0 Å². The Kier molecular flexibility index (Phi) is 3.95. The van der Waals surface area contributed by atoms with Gasteiger partial charge in [-0.15, -0.1) is 13.2 Å². The number of phenols is 1. The number of furan rings is 1. The average molecular weight is 369 g/mol. The zero-order valence-electron chi connectivity index (χ0n) is 9.87. The zero-order valence-corrected chi connectivity index (χ0v) is 11.5. The number of carbonyl (C=O) groups is 1. The minimum Gasteiger partial charge on any atom is -0.504 e. The Morgan fingerprint density at radius 3 is 2.52 bits per heavy atom. The predicted octanol–water partition coefficient (Wildman–Crippen LogP) is 4.26. The number of ether oxygens (including phenoxy) is 1. The van der Waals surface area contributed by atoms with Crippen molar-refractivity contribution in [3.05, 3.63) is 34.2 Å². The van der Waals surface area contributed by atoms with Gasteiger partial charge in [-0.3, -0.25) is 4.79 Å². The number of benzene rings is 1. The van der Waals surface area contributed by atoms with Crippen molar-refractivity contribution < 1.29 is 36.6 Å². The quantitative estimate of drug-likeness (QED) is 0.649. The number of aldehydes is 1. The molecule has 0 bridgehead atoms. The largest absolute Gasteiger partial charge is 0.573 e. The maximum atomic E-state index is 13.6. The summed E-state index contributed by atoms with van der Waals surface area (Å²) in [7, 11) is 0. The van der Waals surface area contributed by atoms with E-state index >= 15 is 0 Å². The van der Waals surface area contributed by atoms with Gasteiger partial charge in [-0.05, 0) is 34.1 Å². The molecule has 0 aliphatic heterocycles. The van der Waals surface area contributed by atoms with E-state index in [-0.39, 0.29) is 21.6 Å². The molecule has 112 valence electrons. The second-order valence-electron chi connectivity index (χ2n) is 3.77. The Bertz CT molecular complexity index is 693. The van der Waals surface area contributed by atoms with Gasteiger partial charge < -0.3 is 14.3 Å². The summed E-state index contributed by atoms with van der Waals surface area (Å²) in [5.41, 5.74) is -0.268. The fraction of sp³-hybridized carbons (Fsp3) is 0.0833. The Balaban J connectivity index is 2.60. The third-order valence-corrected chi connectivity index (χ3v) is 2.95. The molecule has 0 atom stereocenters. The van der Waals surface area contributed by atoms with E-state index in [0.717, 1.165) is 6.07 Å². The Labute approximate surface area is 123 Å². The van der Waals surface area contributed by atoms with Gasteiger partial charge in [-0.2, -0.15) is 0 Å². The normalized spacial score (nSPS) is 11.5. The summed E-state index contributed by atoms with van der Waals surface area (Å²) in [5.74, 6) is -4.14. The molecule has 0 aliphatic carbocycles. The highest BCUT2D eigenvalue weighted by Crippen LogP contribution is 2.44. The van der Waals surface area contributed by atoms with Crippen LogP contribution in [-0.4, -0.2) is 17.8 Å². The average Bonchev–Trinajstić information content (AvgIpc) is 2.86. The van der Waals surface area contributed by atoms with Gasteiger partial charge >= 0.3 is 6.36 Å². The molecule has 0 amide bonds. The molecule has 0 saturated heterocycles. The summed E-state index contributed by atoms with van der Waals surface area (Å²) in [6, 6.07) is 3.48. The SMILES string of the molecule is O=Cc1ccc(-c2cc(Br)c(F)c(OC(F)(F)F)c2O)o1. The molecular weight excluding hydrogens is 364 g/mol. The summed E-state index contributed by atoms with van der Waals surface area (Å²) >= 11 is 2.72. The van der Waals surface area contributed by atoms with Crippen LogP contribution in [0.25, 0.3) is 11.3 Å². The van der Waals surface area contributed by atoms with E-state index in [1.54, 1.807) is 0 Å². The molecule has 0 saturated carbocycles. The smallest absolute Gasteiger partial charge is 0.504 e. The van der Waals surface area contributed by atoms with Crippen molar-refractivity contribution >= 4 is 22.2 Å². The van der Waals surface area contributed by atoms with Crippen LogP contribution < -0.4 is 4.74 Å². The van der Waals surface area contributed by atoms with Crippen LogP contribution in [-0.2, 0) is 0 Å². The third-order valence-electron chi connectivity index (χ3n) is 2.38. The number of carbonyl (C=O) groups excluding carboxylic acids is 1. The minimum atomic E-state index is -5.19. The molecule has 0 aliphatic rings. The van der Waals surface area contributed by atoms with Crippen LogP contribution in [0.4, 0.5) is 17.6 Å². The summed E-state index contributed by atoms with van der Waals surface area (Å²) in [6.45, 7) is 0. The van der Waals surface area contributed by atoms with Gasteiger partial charge in [0.2, 0.25) is 5.75 Å². The van der Waals surface area contributed by atoms with Crippen molar-refractivity contribution in [3.63, 3.8) is 0 Å². The van der Waals surface area contributed by atoms with Gasteiger partial charge in [-0.25, -0.2) is 4.39 Å². The topological polar surface area (TPSA) is 59.7 Å². The molecule has 1 aromatic heterocycles. The highest BCUT2D eigenvalue weighted by molar-refractivity contribution is 9.10. The van der Waals surface area contributed by atoms with Gasteiger partial charge in [0.1, 0.15) is 5.76 Å². The Morgan fingerprint density at radius 2 is 2.00 bits per heavy atom. The Morgan fingerprint density at radius 1 is 1.33 bits per heavy atom. The van der Waals surface area contributed by atoms with Crippen molar-refractivity contribution in [2.24, 2.45) is 0 Å². The molecule has 21 heavy (non-hydrogen) atoms. The Hall–Kier alpha value is -2.03. The molecule has 0 spiro atoms. The fourth-order valence-corrected chi connectivity index (χ4v) is 1.96. The lowest BCUT2D eigenvalue weighted by Gasteiger charge is -2.14. The molecule has 2 aromatic rings. The van der Waals surface area contributed by atoms with Crippen LogP contribution in [0, 0.1) is 5.82 Å². The molecule has 0 fully saturated rings. The van der Waals surface area contributed by atoms with Gasteiger partial charge in [0.15, 0.2) is 23.6 Å².